The molecule has 0 aliphatic heterocycles. The second kappa shape index (κ2) is 5.91. The highest BCUT2D eigenvalue weighted by atomic mass is 32.2. The van der Waals surface area contributed by atoms with Gasteiger partial charge in [0, 0.05) is 5.56 Å². The summed E-state index contributed by atoms with van der Waals surface area (Å²) in [6, 6.07) is 5.54. The van der Waals surface area contributed by atoms with Crippen LogP contribution >= 0.6 is 0 Å². The van der Waals surface area contributed by atoms with Crippen molar-refractivity contribution in [2.45, 2.75) is 37.9 Å². The predicted molar refractivity (Wildman–Crippen MR) is 74.9 cm³/mol. The summed E-state index contributed by atoms with van der Waals surface area (Å²) in [6.45, 7) is 4.67. The molecule has 4 nitrogen and oxygen atoms in total. The standard InChI is InChI=1S/C14H19FO4S/c1-14(2,3)20(18,19)9-8-11(13(16)17)10-6-4-5-7-12(10)15/h4-7,11H,8-9H2,1-3H3,(H,16,17). The summed E-state index contributed by atoms with van der Waals surface area (Å²) >= 11 is 0. The van der Waals surface area contributed by atoms with Crippen molar-refractivity contribution < 1.29 is 22.7 Å². The highest BCUT2D eigenvalue weighted by Crippen LogP contribution is 2.26. The van der Waals surface area contributed by atoms with E-state index in [1.807, 2.05) is 0 Å². The van der Waals surface area contributed by atoms with E-state index in [1.165, 1.54) is 24.3 Å². The minimum absolute atomic E-state index is 0.0177. The van der Waals surface area contributed by atoms with E-state index in [2.05, 4.69) is 0 Å². The van der Waals surface area contributed by atoms with Crippen molar-refractivity contribution in [2.75, 3.05) is 5.75 Å². The van der Waals surface area contributed by atoms with Gasteiger partial charge in [0.05, 0.1) is 16.4 Å². The molecular weight excluding hydrogens is 283 g/mol. The Kier molecular flexibility index (Phi) is 4.91. The quantitative estimate of drug-likeness (QED) is 0.907. The predicted octanol–water partition coefficient (Wildman–Crippen LogP) is 2.60. The average molecular weight is 302 g/mol. The molecule has 0 spiro atoms. The first-order valence-electron chi connectivity index (χ1n) is 6.26. The highest BCUT2D eigenvalue weighted by Gasteiger charge is 2.32. The molecule has 1 unspecified atom stereocenters. The molecule has 1 rings (SSSR count). The zero-order valence-electron chi connectivity index (χ0n) is 11.8. The maximum atomic E-state index is 13.6. The van der Waals surface area contributed by atoms with Gasteiger partial charge in [0.15, 0.2) is 9.84 Å². The summed E-state index contributed by atoms with van der Waals surface area (Å²) in [6.07, 6.45) is -0.143. The Morgan fingerprint density at radius 1 is 1.30 bits per heavy atom. The van der Waals surface area contributed by atoms with Crippen molar-refractivity contribution in [1.29, 1.82) is 0 Å². The van der Waals surface area contributed by atoms with Crippen molar-refractivity contribution in [3.05, 3.63) is 35.6 Å². The number of sulfone groups is 1. The molecule has 1 N–H and O–H groups in total. The number of hydrogen-bond donors (Lipinski definition) is 1. The van der Waals surface area contributed by atoms with E-state index in [4.69, 9.17) is 0 Å². The van der Waals surface area contributed by atoms with Crippen molar-refractivity contribution in [1.82, 2.24) is 0 Å². The minimum atomic E-state index is -3.43. The molecule has 0 aliphatic carbocycles. The fourth-order valence-electron chi connectivity index (χ4n) is 1.75. The molecular formula is C14H19FO4S. The highest BCUT2D eigenvalue weighted by molar-refractivity contribution is 7.92. The first kappa shape index (κ1) is 16.6. The van der Waals surface area contributed by atoms with Crippen LogP contribution in [0.15, 0.2) is 24.3 Å². The van der Waals surface area contributed by atoms with Crippen LogP contribution < -0.4 is 0 Å². The van der Waals surface area contributed by atoms with Crippen molar-refractivity contribution in [2.24, 2.45) is 0 Å². The van der Waals surface area contributed by atoms with Crippen molar-refractivity contribution in [3.63, 3.8) is 0 Å². The van der Waals surface area contributed by atoms with Gasteiger partial charge < -0.3 is 5.11 Å². The molecule has 0 heterocycles. The van der Waals surface area contributed by atoms with Gasteiger partial charge in [0.1, 0.15) is 5.82 Å². The number of carbonyl (C=O) groups is 1. The van der Waals surface area contributed by atoms with Gasteiger partial charge in [-0.15, -0.1) is 0 Å². The van der Waals surface area contributed by atoms with Gasteiger partial charge in [-0.1, -0.05) is 18.2 Å². The second-order valence-electron chi connectivity index (χ2n) is 5.63. The summed E-state index contributed by atoms with van der Waals surface area (Å²) in [5.74, 6) is -3.30. The molecule has 0 amide bonds. The second-order valence-corrected chi connectivity index (χ2v) is 8.49. The normalized spacial score (nSPS) is 14.0. The van der Waals surface area contributed by atoms with Crippen molar-refractivity contribution >= 4 is 15.8 Å². The zero-order valence-corrected chi connectivity index (χ0v) is 12.6. The molecule has 0 radical (unpaired) electrons. The minimum Gasteiger partial charge on any atom is -0.481 e. The third kappa shape index (κ3) is 3.79. The van der Waals surface area contributed by atoms with Crippen LogP contribution in [0.3, 0.4) is 0 Å². The molecule has 0 saturated heterocycles. The lowest BCUT2D eigenvalue weighted by molar-refractivity contribution is -0.138. The lowest BCUT2D eigenvalue weighted by Gasteiger charge is -2.21. The number of halogens is 1. The molecule has 20 heavy (non-hydrogen) atoms. The van der Waals surface area contributed by atoms with E-state index in [0.717, 1.165) is 0 Å². The largest absolute Gasteiger partial charge is 0.481 e. The van der Waals surface area contributed by atoms with Crippen LogP contribution in [0.4, 0.5) is 4.39 Å². The van der Waals surface area contributed by atoms with Gasteiger partial charge in [-0.05, 0) is 33.3 Å². The summed E-state index contributed by atoms with van der Waals surface area (Å²) in [5, 5.41) is 9.19. The van der Waals surface area contributed by atoms with Gasteiger partial charge in [-0.3, -0.25) is 4.79 Å². The third-order valence-corrected chi connectivity index (χ3v) is 5.83. The topological polar surface area (TPSA) is 71.4 Å². The summed E-state index contributed by atoms with van der Waals surface area (Å²) < 4.78 is 36.7. The molecule has 0 bridgehead atoms. The van der Waals surface area contributed by atoms with Gasteiger partial charge in [0.2, 0.25) is 0 Å². The number of carboxylic acids is 1. The van der Waals surface area contributed by atoms with E-state index < -0.39 is 32.3 Å². The number of rotatable bonds is 5. The Labute approximate surface area is 118 Å². The number of carboxylic acid groups (broad SMARTS) is 1. The number of hydrogen-bond acceptors (Lipinski definition) is 3. The maximum Gasteiger partial charge on any atom is 0.311 e. The molecule has 0 fully saturated rings. The Morgan fingerprint density at radius 3 is 2.30 bits per heavy atom. The lowest BCUT2D eigenvalue weighted by atomic mass is 9.96. The fourth-order valence-corrected chi connectivity index (χ4v) is 2.91. The molecule has 0 saturated carbocycles. The van der Waals surface area contributed by atoms with Crippen LogP contribution in [0.25, 0.3) is 0 Å². The van der Waals surface area contributed by atoms with Gasteiger partial charge >= 0.3 is 5.97 Å². The smallest absolute Gasteiger partial charge is 0.311 e. The van der Waals surface area contributed by atoms with Crippen LogP contribution in [0, 0.1) is 5.82 Å². The molecule has 6 heteroatoms. The van der Waals surface area contributed by atoms with E-state index in [9.17, 15) is 22.7 Å². The Hall–Kier alpha value is -1.43. The van der Waals surface area contributed by atoms with Crippen LogP contribution in [-0.2, 0) is 14.6 Å². The molecule has 112 valence electrons. The summed E-state index contributed by atoms with van der Waals surface area (Å²) in [7, 11) is -3.43. The van der Waals surface area contributed by atoms with Crippen molar-refractivity contribution in [3.8, 4) is 0 Å². The zero-order chi connectivity index (χ0) is 15.6. The molecule has 0 aromatic heterocycles. The van der Waals surface area contributed by atoms with Gasteiger partial charge in [0.25, 0.3) is 0 Å². The number of aliphatic carboxylic acids is 1. The molecule has 1 atom stereocenters. The van der Waals surface area contributed by atoms with Crippen LogP contribution in [-0.4, -0.2) is 30.0 Å². The SMILES string of the molecule is CC(C)(C)S(=O)(=O)CCC(C(=O)O)c1ccccc1F. The fraction of sp³-hybridized carbons (Fsp3) is 0.500. The van der Waals surface area contributed by atoms with Gasteiger partial charge in [-0.2, -0.15) is 0 Å². The monoisotopic (exact) mass is 302 g/mol. The maximum absolute atomic E-state index is 13.6. The Balaban J connectivity index is 2.98. The summed E-state index contributed by atoms with van der Waals surface area (Å²) in [5.41, 5.74) is 0.0177. The van der Waals surface area contributed by atoms with Crippen LogP contribution in [0.2, 0.25) is 0 Å². The summed E-state index contributed by atoms with van der Waals surface area (Å²) in [4.78, 5) is 11.3. The first-order valence-corrected chi connectivity index (χ1v) is 7.91. The Bertz CT molecular complexity index is 587. The first-order chi connectivity index (χ1) is 9.06. The van der Waals surface area contributed by atoms with E-state index in [0.29, 0.717) is 0 Å². The third-order valence-electron chi connectivity index (χ3n) is 3.19. The molecule has 0 aliphatic rings. The van der Waals surface area contributed by atoms with Crippen LogP contribution in [0.1, 0.15) is 38.7 Å². The lowest BCUT2D eigenvalue weighted by Crippen LogP contribution is -2.31. The van der Waals surface area contributed by atoms with Crippen LogP contribution in [0.5, 0.6) is 0 Å². The molecule has 1 aromatic rings. The molecule has 1 aromatic carbocycles. The van der Waals surface area contributed by atoms with E-state index >= 15 is 0 Å². The van der Waals surface area contributed by atoms with Gasteiger partial charge in [-0.25, -0.2) is 12.8 Å². The Morgan fingerprint density at radius 2 is 1.85 bits per heavy atom. The average Bonchev–Trinajstić information content (AvgIpc) is 2.29. The number of benzene rings is 1. The van der Waals surface area contributed by atoms with E-state index in [-0.39, 0.29) is 17.7 Å². The van der Waals surface area contributed by atoms with E-state index in [1.54, 1.807) is 20.8 Å².